The van der Waals surface area contributed by atoms with Crippen LogP contribution >= 0.6 is 0 Å². The van der Waals surface area contributed by atoms with E-state index in [1.54, 1.807) is 24.3 Å². The van der Waals surface area contributed by atoms with Gasteiger partial charge >= 0.3 is 5.97 Å². The molecular formula is C21H15F2N3O3. The van der Waals surface area contributed by atoms with Gasteiger partial charge in [-0.3, -0.25) is 14.7 Å². The number of benzene rings is 2. The van der Waals surface area contributed by atoms with Gasteiger partial charge in [0.25, 0.3) is 5.56 Å². The summed E-state index contributed by atoms with van der Waals surface area (Å²) in [7, 11) is 1.25. The van der Waals surface area contributed by atoms with E-state index in [1.807, 2.05) is 0 Å². The van der Waals surface area contributed by atoms with Crippen LogP contribution in [0.4, 0.5) is 8.78 Å². The maximum Gasteiger partial charge on any atom is 0.311 e. The molecule has 0 aliphatic heterocycles. The molecule has 4 aromatic rings. The van der Waals surface area contributed by atoms with Crippen LogP contribution in [-0.4, -0.2) is 27.7 Å². The van der Waals surface area contributed by atoms with Crippen molar-refractivity contribution in [3.05, 3.63) is 82.3 Å². The number of H-pyrrole nitrogens is 1. The number of fused-ring (bicyclic) bond motifs is 1. The Balaban J connectivity index is 2.01. The molecule has 0 spiro atoms. The van der Waals surface area contributed by atoms with Gasteiger partial charge in [0.05, 0.1) is 30.5 Å². The van der Waals surface area contributed by atoms with Gasteiger partial charge in [-0.05, 0) is 42.0 Å². The van der Waals surface area contributed by atoms with Crippen LogP contribution in [-0.2, 0) is 16.0 Å². The molecule has 8 heteroatoms. The van der Waals surface area contributed by atoms with Crippen LogP contribution in [0.2, 0.25) is 0 Å². The Morgan fingerprint density at radius 2 is 1.62 bits per heavy atom. The zero-order chi connectivity index (χ0) is 20.5. The standard InChI is InChI=1S/C21H15F2N3O3/c1-29-18(28)11-16-10-17(27)26-21(24-16)19(12-2-6-14(22)7-3-12)20(25-26)13-4-8-15(23)9-5-13/h2-10,25H,11H2,1H3. The normalized spacial score (nSPS) is 11.0. The van der Waals surface area contributed by atoms with Crippen LogP contribution in [0.25, 0.3) is 28.0 Å². The molecule has 146 valence electrons. The van der Waals surface area contributed by atoms with E-state index in [9.17, 15) is 18.4 Å². The molecule has 0 fully saturated rings. The number of hydrogen-bond donors (Lipinski definition) is 1. The summed E-state index contributed by atoms with van der Waals surface area (Å²) in [5, 5.41) is 2.99. The first-order valence-corrected chi connectivity index (χ1v) is 8.69. The highest BCUT2D eigenvalue weighted by Crippen LogP contribution is 2.34. The van der Waals surface area contributed by atoms with Crippen LogP contribution < -0.4 is 5.56 Å². The lowest BCUT2D eigenvalue weighted by Crippen LogP contribution is -2.17. The minimum atomic E-state index is -0.529. The summed E-state index contributed by atoms with van der Waals surface area (Å²) in [4.78, 5) is 28.7. The fraction of sp³-hybridized carbons (Fsp3) is 0.0952. The van der Waals surface area contributed by atoms with E-state index in [4.69, 9.17) is 0 Å². The summed E-state index contributed by atoms with van der Waals surface area (Å²) in [6.07, 6.45) is -0.165. The van der Waals surface area contributed by atoms with Crippen LogP contribution in [0.5, 0.6) is 0 Å². The second-order valence-corrected chi connectivity index (χ2v) is 6.37. The number of carbonyl (C=O) groups excluding carboxylic acids is 1. The Bertz CT molecular complexity index is 1260. The Kier molecular flexibility index (Phi) is 4.67. The first-order valence-electron chi connectivity index (χ1n) is 8.69. The minimum absolute atomic E-state index is 0.165. The molecule has 0 unspecified atom stereocenters. The number of esters is 1. The number of ether oxygens (including phenoxy) is 1. The van der Waals surface area contributed by atoms with Crippen molar-refractivity contribution < 1.29 is 18.3 Å². The molecule has 2 aromatic carbocycles. The van der Waals surface area contributed by atoms with Gasteiger partial charge < -0.3 is 4.74 Å². The van der Waals surface area contributed by atoms with E-state index in [1.165, 1.54) is 42.0 Å². The molecule has 29 heavy (non-hydrogen) atoms. The van der Waals surface area contributed by atoms with Gasteiger partial charge in [0.2, 0.25) is 0 Å². The third kappa shape index (κ3) is 3.52. The number of halogens is 2. The summed E-state index contributed by atoms with van der Waals surface area (Å²) < 4.78 is 32.7. The minimum Gasteiger partial charge on any atom is -0.469 e. The van der Waals surface area contributed by atoms with E-state index < -0.39 is 23.2 Å². The number of methoxy groups -OCH3 is 1. The van der Waals surface area contributed by atoms with Gasteiger partial charge in [-0.1, -0.05) is 12.1 Å². The van der Waals surface area contributed by atoms with Crippen molar-refractivity contribution in [1.29, 1.82) is 0 Å². The molecule has 0 saturated heterocycles. The highest BCUT2D eigenvalue weighted by atomic mass is 19.1. The van der Waals surface area contributed by atoms with Crippen LogP contribution in [0.3, 0.4) is 0 Å². The van der Waals surface area contributed by atoms with Crippen LogP contribution in [0, 0.1) is 11.6 Å². The fourth-order valence-corrected chi connectivity index (χ4v) is 3.11. The Morgan fingerprint density at radius 3 is 2.21 bits per heavy atom. The highest BCUT2D eigenvalue weighted by Gasteiger charge is 2.19. The van der Waals surface area contributed by atoms with Gasteiger partial charge in [0, 0.05) is 11.6 Å². The number of aromatic nitrogens is 3. The van der Waals surface area contributed by atoms with E-state index in [0.717, 1.165) is 0 Å². The average molecular weight is 395 g/mol. The Labute approximate surface area is 163 Å². The van der Waals surface area contributed by atoms with Gasteiger partial charge in [-0.15, -0.1) is 0 Å². The molecule has 1 N–H and O–H groups in total. The van der Waals surface area contributed by atoms with E-state index in [0.29, 0.717) is 22.4 Å². The van der Waals surface area contributed by atoms with Crippen molar-refractivity contribution >= 4 is 11.6 Å². The number of carbonyl (C=O) groups is 1. The molecule has 0 aliphatic rings. The highest BCUT2D eigenvalue weighted by molar-refractivity contribution is 5.90. The second-order valence-electron chi connectivity index (χ2n) is 6.37. The average Bonchev–Trinajstić information content (AvgIpc) is 3.09. The fourth-order valence-electron chi connectivity index (χ4n) is 3.11. The molecule has 0 saturated carbocycles. The number of hydrogen-bond acceptors (Lipinski definition) is 4. The lowest BCUT2D eigenvalue weighted by molar-refractivity contribution is -0.139. The number of aromatic amines is 1. The lowest BCUT2D eigenvalue weighted by Gasteiger charge is -2.05. The molecular weight excluding hydrogens is 380 g/mol. The zero-order valence-electron chi connectivity index (χ0n) is 15.3. The molecule has 6 nitrogen and oxygen atoms in total. The molecule has 0 aliphatic carbocycles. The third-order valence-electron chi connectivity index (χ3n) is 4.49. The second kappa shape index (κ2) is 7.31. The molecule has 0 amide bonds. The van der Waals surface area contributed by atoms with Gasteiger partial charge in [0.15, 0.2) is 5.65 Å². The lowest BCUT2D eigenvalue weighted by atomic mass is 10.0. The number of nitrogens with zero attached hydrogens (tertiary/aromatic N) is 2. The summed E-state index contributed by atoms with van der Waals surface area (Å²) in [6.45, 7) is 0. The SMILES string of the molecule is COC(=O)Cc1cc(=O)n2[nH]c(-c3ccc(F)cc3)c(-c3ccc(F)cc3)c2n1. The topological polar surface area (TPSA) is 76.5 Å². The predicted octanol–water partition coefficient (Wildman–Crippen LogP) is 3.35. The van der Waals surface area contributed by atoms with E-state index >= 15 is 0 Å². The number of nitrogens with one attached hydrogen (secondary N) is 1. The maximum absolute atomic E-state index is 13.4. The largest absolute Gasteiger partial charge is 0.469 e. The van der Waals surface area contributed by atoms with Crippen LogP contribution in [0.1, 0.15) is 5.69 Å². The quantitative estimate of drug-likeness (QED) is 0.538. The van der Waals surface area contributed by atoms with Crippen molar-refractivity contribution in [2.24, 2.45) is 0 Å². The summed E-state index contributed by atoms with van der Waals surface area (Å²) in [5.41, 5.74) is 2.34. The maximum atomic E-state index is 13.4. The third-order valence-corrected chi connectivity index (χ3v) is 4.49. The molecule has 0 radical (unpaired) electrons. The predicted molar refractivity (Wildman–Crippen MR) is 102 cm³/mol. The summed E-state index contributed by atoms with van der Waals surface area (Å²) in [6, 6.07) is 12.7. The Hall–Kier alpha value is -3.81. The van der Waals surface area contributed by atoms with Gasteiger partial charge in [-0.25, -0.2) is 18.3 Å². The first-order chi connectivity index (χ1) is 14.0. The number of rotatable bonds is 4. The summed E-state index contributed by atoms with van der Waals surface area (Å²) >= 11 is 0. The van der Waals surface area contributed by atoms with E-state index in [-0.39, 0.29) is 17.8 Å². The summed E-state index contributed by atoms with van der Waals surface area (Å²) in [5.74, 6) is -1.34. The molecule has 0 atom stereocenters. The van der Waals surface area contributed by atoms with Gasteiger partial charge in [-0.2, -0.15) is 0 Å². The smallest absolute Gasteiger partial charge is 0.311 e. The van der Waals surface area contributed by atoms with Crippen molar-refractivity contribution in [3.8, 4) is 22.4 Å². The van der Waals surface area contributed by atoms with E-state index in [2.05, 4.69) is 14.8 Å². The molecule has 0 bridgehead atoms. The first kappa shape index (κ1) is 18.5. The van der Waals surface area contributed by atoms with Gasteiger partial charge in [0.1, 0.15) is 11.6 Å². The monoisotopic (exact) mass is 395 g/mol. The molecule has 4 rings (SSSR count). The molecule has 2 aromatic heterocycles. The Morgan fingerprint density at radius 1 is 1.03 bits per heavy atom. The van der Waals surface area contributed by atoms with Crippen molar-refractivity contribution in [2.75, 3.05) is 7.11 Å². The van der Waals surface area contributed by atoms with Crippen LogP contribution in [0.15, 0.2) is 59.4 Å². The molecule has 2 heterocycles. The van der Waals surface area contributed by atoms with Crippen molar-refractivity contribution in [3.63, 3.8) is 0 Å². The zero-order valence-corrected chi connectivity index (χ0v) is 15.3. The van der Waals surface area contributed by atoms with Crippen molar-refractivity contribution in [1.82, 2.24) is 14.6 Å². The van der Waals surface area contributed by atoms with Crippen molar-refractivity contribution in [2.45, 2.75) is 6.42 Å².